The zero-order chi connectivity index (χ0) is 17.0. The van der Waals surface area contributed by atoms with E-state index in [1.165, 1.54) is 0 Å². The van der Waals surface area contributed by atoms with Crippen LogP contribution in [0.3, 0.4) is 0 Å². The Balaban J connectivity index is 2.28. The van der Waals surface area contributed by atoms with Crippen molar-refractivity contribution in [1.82, 2.24) is 0 Å². The number of ether oxygens (including phenoxy) is 1. The van der Waals surface area contributed by atoms with Crippen LogP contribution in [-0.4, -0.2) is 10.9 Å². The fourth-order valence-corrected chi connectivity index (χ4v) is 3.04. The molecular formula is C19H19BrCl2O. The molecule has 0 aliphatic carbocycles. The number of halogens is 3. The topological polar surface area (TPSA) is 9.23 Å². The molecule has 0 bridgehead atoms. The van der Waals surface area contributed by atoms with Gasteiger partial charge in [-0.15, -0.1) is 0 Å². The molecule has 1 nitrogen and oxygen atoms in total. The largest absolute Gasteiger partial charge is 0.488 e. The molecule has 0 saturated carbocycles. The number of allylic oxidation sites excluding steroid dienone is 1. The predicted molar refractivity (Wildman–Crippen MR) is 105 cm³/mol. The van der Waals surface area contributed by atoms with Gasteiger partial charge in [-0.25, -0.2) is 0 Å². The first kappa shape index (κ1) is 18.4. The number of alkyl halides is 1. The molecule has 2 aromatic rings. The van der Waals surface area contributed by atoms with Gasteiger partial charge in [0.05, 0.1) is 0 Å². The van der Waals surface area contributed by atoms with Crippen molar-refractivity contribution >= 4 is 50.8 Å². The van der Waals surface area contributed by atoms with Gasteiger partial charge in [-0.3, -0.25) is 0 Å². The summed E-state index contributed by atoms with van der Waals surface area (Å²) in [7, 11) is 0. The molecule has 0 atom stereocenters. The van der Waals surface area contributed by atoms with Gasteiger partial charge >= 0.3 is 0 Å². The first-order chi connectivity index (χ1) is 10.8. The highest BCUT2D eigenvalue weighted by molar-refractivity contribution is 9.09. The van der Waals surface area contributed by atoms with Gasteiger partial charge < -0.3 is 4.74 Å². The summed E-state index contributed by atoms with van der Waals surface area (Å²) >= 11 is 15.7. The first-order valence-electron chi connectivity index (χ1n) is 7.29. The third-order valence-corrected chi connectivity index (χ3v) is 4.25. The van der Waals surface area contributed by atoms with Gasteiger partial charge in [0.15, 0.2) is 0 Å². The maximum absolute atomic E-state index is 6.25. The highest BCUT2D eigenvalue weighted by Gasteiger charge is 2.12. The summed E-state index contributed by atoms with van der Waals surface area (Å²) in [6.45, 7) is 6.10. The van der Waals surface area contributed by atoms with Gasteiger partial charge in [0, 0.05) is 15.4 Å². The Morgan fingerprint density at radius 3 is 2.26 bits per heavy atom. The average Bonchev–Trinajstić information content (AvgIpc) is 2.46. The summed E-state index contributed by atoms with van der Waals surface area (Å²) in [5.74, 6) is 0.861. The smallest absolute Gasteiger partial charge is 0.120 e. The van der Waals surface area contributed by atoms with Crippen LogP contribution in [-0.2, 0) is 0 Å². The lowest BCUT2D eigenvalue weighted by atomic mass is 10.0. The van der Waals surface area contributed by atoms with Crippen molar-refractivity contribution < 1.29 is 4.74 Å². The van der Waals surface area contributed by atoms with Crippen molar-refractivity contribution in [3.63, 3.8) is 0 Å². The SMILES string of the molecule is CC(C)(C)Oc1ccc(C(=Cc2ccc(Cl)cc2Cl)CBr)cc1. The molecule has 2 aromatic carbocycles. The lowest BCUT2D eigenvalue weighted by Gasteiger charge is -2.21. The molecule has 0 fully saturated rings. The Hall–Kier alpha value is -0.960. The van der Waals surface area contributed by atoms with E-state index in [2.05, 4.69) is 34.1 Å². The van der Waals surface area contributed by atoms with Crippen molar-refractivity contribution in [2.75, 3.05) is 5.33 Å². The third kappa shape index (κ3) is 5.56. The maximum Gasteiger partial charge on any atom is 0.120 e. The Morgan fingerprint density at radius 2 is 1.74 bits per heavy atom. The van der Waals surface area contributed by atoms with Crippen LogP contribution in [0.25, 0.3) is 11.6 Å². The molecule has 0 unspecified atom stereocenters. The molecule has 0 radical (unpaired) electrons. The van der Waals surface area contributed by atoms with Gasteiger partial charge in [-0.2, -0.15) is 0 Å². The molecule has 0 saturated heterocycles. The van der Waals surface area contributed by atoms with Crippen LogP contribution in [0.15, 0.2) is 42.5 Å². The van der Waals surface area contributed by atoms with Crippen molar-refractivity contribution in [2.45, 2.75) is 26.4 Å². The lowest BCUT2D eigenvalue weighted by molar-refractivity contribution is 0.131. The number of rotatable bonds is 4. The van der Waals surface area contributed by atoms with Gasteiger partial charge in [-0.05, 0) is 67.8 Å². The van der Waals surface area contributed by atoms with E-state index in [1.807, 2.05) is 45.0 Å². The number of benzene rings is 2. The summed E-state index contributed by atoms with van der Waals surface area (Å²) in [5, 5.41) is 2.01. The van der Waals surface area contributed by atoms with E-state index < -0.39 is 0 Å². The van der Waals surface area contributed by atoms with Crippen LogP contribution in [0.4, 0.5) is 0 Å². The Morgan fingerprint density at radius 1 is 1.09 bits per heavy atom. The maximum atomic E-state index is 6.25. The van der Waals surface area contributed by atoms with E-state index in [9.17, 15) is 0 Å². The molecule has 0 N–H and O–H groups in total. The van der Waals surface area contributed by atoms with Crippen LogP contribution in [0.2, 0.25) is 10.0 Å². The molecular weight excluding hydrogens is 395 g/mol. The van der Waals surface area contributed by atoms with Crippen molar-refractivity contribution in [3.05, 3.63) is 63.6 Å². The fourth-order valence-electron chi connectivity index (χ4n) is 2.10. The van der Waals surface area contributed by atoms with E-state index in [1.54, 1.807) is 6.07 Å². The second-order valence-corrected chi connectivity index (χ2v) is 7.61. The van der Waals surface area contributed by atoms with Gasteiger partial charge in [0.2, 0.25) is 0 Å². The summed E-state index contributed by atoms with van der Waals surface area (Å²) in [4.78, 5) is 0. The minimum absolute atomic E-state index is 0.202. The summed E-state index contributed by atoms with van der Waals surface area (Å²) < 4.78 is 5.85. The van der Waals surface area contributed by atoms with Crippen molar-refractivity contribution in [2.24, 2.45) is 0 Å². The predicted octanol–water partition coefficient (Wildman–Crippen LogP) is 7.11. The summed E-state index contributed by atoms with van der Waals surface area (Å²) in [6.07, 6.45) is 2.06. The van der Waals surface area contributed by atoms with Gasteiger partial charge in [0.25, 0.3) is 0 Å². The molecule has 122 valence electrons. The van der Waals surface area contributed by atoms with Crippen LogP contribution in [0.1, 0.15) is 31.9 Å². The Labute approximate surface area is 156 Å². The molecule has 2 rings (SSSR count). The number of hydrogen-bond acceptors (Lipinski definition) is 1. The highest BCUT2D eigenvalue weighted by atomic mass is 79.9. The molecule has 0 aromatic heterocycles. The molecule has 0 aliphatic heterocycles. The summed E-state index contributed by atoms with van der Waals surface area (Å²) in [5.41, 5.74) is 3.00. The molecule has 0 heterocycles. The Kier molecular flexibility index (Phi) is 6.19. The quantitative estimate of drug-likeness (QED) is 0.383. The van der Waals surface area contributed by atoms with E-state index in [-0.39, 0.29) is 5.60 Å². The van der Waals surface area contributed by atoms with Crippen LogP contribution < -0.4 is 4.74 Å². The van der Waals surface area contributed by atoms with Crippen molar-refractivity contribution in [3.8, 4) is 5.75 Å². The number of hydrogen-bond donors (Lipinski definition) is 0. The fraction of sp³-hybridized carbons (Fsp3) is 0.263. The third-order valence-electron chi connectivity index (χ3n) is 3.09. The minimum Gasteiger partial charge on any atom is -0.488 e. The van der Waals surface area contributed by atoms with E-state index in [0.717, 1.165) is 27.8 Å². The summed E-state index contributed by atoms with van der Waals surface area (Å²) in [6, 6.07) is 13.6. The first-order valence-corrected chi connectivity index (χ1v) is 9.17. The van der Waals surface area contributed by atoms with E-state index >= 15 is 0 Å². The zero-order valence-corrected chi connectivity index (χ0v) is 16.5. The lowest BCUT2D eigenvalue weighted by Crippen LogP contribution is -2.22. The standard InChI is InChI=1S/C19H19BrCl2O/c1-19(2,3)23-17-8-5-13(6-9-17)15(12-20)10-14-4-7-16(21)11-18(14)22/h4-11H,12H2,1-3H3. The van der Waals surface area contributed by atoms with Gasteiger partial charge in [-0.1, -0.05) is 57.3 Å². The normalized spacial score (nSPS) is 12.3. The molecule has 23 heavy (non-hydrogen) atoms. The van der Waals surface area contributed by atoms with Crippen LogP contribution in [0.5, 0.6) is 5.75 Å². The molecule has 0 spiro atoms. The second-order valence-electron chi connectivity index (χ2n) is 6.21. The van der Waals surface area contributed by atoms with E-state index in [4.69, 9.17) is 27.9 Å². The van der Waals surface area contributed by atoms with Gasteiger partial charge in [0.1, 0.15) is 11.4 Å². The van der Waals surface area contributed by atoms with Crippen LogP contribution >= 0.6 is 39.1 Å². The zero-order valence-electron chi connectivity index (χ0n) is 13.4. The Bertz CT molecular complexity index is 700. The average molecular weight is 414 g/mol. The van der Waals surface area contributed by atoms with Crippen molar-refractivity contribution in [1.29, 1.82) is 0 Å². The van der Waals surface area contributed by atoms with Crippen LogP contribution in [0, 0.1) is 0 Å². The monoisotopic (exact) mass is 412 g/mol. The molecule has 4 heteroatoms. The molecule has 0 amide bonds. The molecule has 0 aliphatic rings. The van der Waals surface area contributed by atoms with E-state index in [0.29, 0.717) is 10.0 Å². The second kappa shape index (κ2) is 7.74. The highest BCUT2D eigenvalue weighted by Crippen LogP contribution is 2.28. The minimum atomic E-state index is -0.202.